The van der Waals surface area contributed by atoms with Gasteiger partial charge in [-0.1, -0.05) is 5.16 Å². The van der Waals surface area contributed by atoms with Crippen LogP contribution in [0.3, 0.4) is 0 Å². The summed E-state index contributed by atoms with van der Waals surface area (Å²) in [4.78, 5) is 18.7. The van der Waals surface area contributed by atoms with E-state index in [1.807, 2.05) is 25.1 Å². The van der Waals surface area contributed by atoms with Crippen LogP contribution in [0.25, 0.3) is 0 Å². The highest BCUT2D eigenvalue weighted by Crippen LogP contribution is 2.32. The largest absolute Gasteiger partial charge is 0.454 e. The number of amides is 1. The van der Waals surface area contributed by atoms with Crippen molar-refractivity contribution in [3.8, 4) is 11.5 Å². The minimum atomic E-state index is -0.140. The predicted octanol–water partition coefficient (Wildman–Crippen LogP) is 1.12. The van der Waals surface area contributed by atoms with Crippen LogP contribution in [-0.2, 0) is 9.63 Å². The Labute approximate surface area is 160 Å². The second-order valence-electron chi connectivity index (χ2n) is 7.28. The van der Waals surface area contributed by atoms with Gasteiger partial charge in [0.1, 0.15) is 0 Å². The van der Waals surface area contributed by atoms with Crippen molar-refractivity contribution < 1.29 is 24.0 Å². The van der Waals surface area contributed by atoms with Gasteiger partial charge >= 0.3 is 0 Å². The highest BCUT2D eigenvalue weighted by atomic mass is 16.7. The molecule has 1 aromatic carbocycles. The van der Waals surface area contributed by atoms with Gasteiger partial charge in [0.05, 0.1) is 24.8 Å². The lowest BCUT2D eigenvalue weighted by atomic mass is 10.0. The van der Waals surface area contributed by atoms with E-state index in [0.717, 1.165) is 30.3 Å². The van der Waals surface area contributed by atoms with E-state index in [-0.39, 0.29) is 19.3 Å². The fourth-order valence-electron chi connectivity index (χ4n) is 3.58. The average Bonchev–Trinajstić information content (AvgIpc) is 3.14. The predicted molar refractivity (Wildman–Crippen MR) is 102 cm³/mol. The van der Waals surface area contributed by atoms with Crippen molar-refractivity contribution in [3.05, 3.63) is 23.8 Å². The number of nitrogens with one attached hydrogen (secondary N) is 2. The second-order valence-corrected chi connectivity index (χ2v) is 7.28. The van der Waals surface area contributed by atoms with E-state index < -0.39 is 0 Å². The first-order valence-electron chi connectivity index (χ1n) is 9.81. The van der Waals surface area contributed by atoms with Gasteiger partial charge in [-0.05, 0) is 51.3 Å². The van der Waals surface area contributed by atoms with Crippen LogP contribution in [0.1, 0.15) is 45.1 Å². The molecule has 7 nitrogen and oxygen atoms in total. The smallest absolute Gasteiger partial charge is 0.260 e. The summed E-state index contributed by atoms with van der Waals surface area (Å²) < 4.78 is 10.6. The third-order valence-electron chi connectivity index (χ3n) is 5.27. The van der Waals surface area contributed by atoms with Gasteiger partial charge < -0.3 is 24.5 Å². The highest BCUT2D eigenvalue weighted by Gasteiger charge is 2.21. The molecule has 1 fully saturated rings. The Bertz CT molecular complexity index is 677. The summed E-state index contributed by atoms with van der Waals surface area (Å²) in [6.07, 6.45) is 4.98. The molecule has 0 bridgehead atoms. The number of benzene rings is 1. The van der Waals surface area contributed by atoms with E-state index in [1.165, 1.54) is 25.8 Å². The fraction of sp³-hybridized carbons (Fsp3) is 0.600. The van der Waals surface area contributed by atoms with E-state index in [1.54, 1.807) is 4.90 Å². The molecular weight excluding hydrogens is 346 g/mol. The second kappa shape index (κ2) is 9.60. The molecule has 148 valence electrons. The minimum Gasteiger partial charge on any atom is -0.454 e. The number of piperidine rings is 1. The average molecular weight is 376 g/mol. The number of carbonyl (C=O) groups excluding carboxylic acids is 1. The van der Waals surface area contributed by atoms with Crippen LogP contribution in [0.15, 0.2) is 23.4 Å². The molecule has 0 aromatic heterocycles. The van der Waals surface area contributed by atoms with E-state index in [9.17, 15) is 4.79 Å². The number of quaternary nitrogens is 1. The minimum absolute atomic E-state index is 0.0745. The molecule has 2 N–H and O–H groups in total. The lowest BCUT2D eigenvalue weighted by Gasteiger charge is -2.30. The molecule has 2 heterocycles. The Hall–Kier alpha value is -2.28. The molecule has 0 spiro atoms. The molecule has 1 unspecified atom stereocenters. The zero-order valence-electron chi connectivity index (χ0n) is 16.3. The fourth-order valence-corrected chi connectivity index (χ4v) is 3.58. The van der Waals surface area contributed by atoms with E-state index >= 15 is 0 Å². The summed E-state index contributed by atoms with van der Waals surface area (Å²) in [6, 6.07) is 6.33. The van der Waals surface area contributed by atoms with Crippen LogP contribution in [0, 0.1) is 0 Å². The van der Waals surface area contributed by atoms with E-state index in [0.29, 0.717) is 18.0 Å². The van der Waals surface area contributed by atoms with Crippen LogP contribution >= 0.6 is 0 Å². The van der Waals surface area contributed by atoms with Gasteiger partial charge in [-0.2, -0.15) is 0 Å². The summed E-state index contributed by atoms with van der Waals surface area (Å²) in [5.74, 6) is 1.29. The first kappa shape index (κ1) is 19.5. The van der Waals surface area contributed by atoms with Crippen LogP contribution < -0.4 is 19.7 Å². The van der Waals surface area contributed by atoms with Crippen LogP contribution in [0.5, 0.6) is 11.5 Å². The van der Waals surface area contributed by atoms with E-state index in [4.69, 9.17) is 14.3 Å². The molecule has 2 aliphatic rings. The molecule has 7 heteroatoms. The highest BCUT2D eigenvalue weighted by molar-refractivity contribution is 5.99. The summed E-state index contributed by atoms with van der Waals surface area (Å²) in [6.45, 7) is 7.37. The van der Waals surface area contributed by atoms with Gasteiger partial charge in [0.15, 0.2) is 18.1 Å². The number of carbonyl (C=O) groups is 1. The number of likely N-dealkylation sites (tertiary alicyclic amines) is 1. The lowest BCUT2D eigenvalue weighted by molar-refractivity contribution is -0.928. The van der Waals surface area contributed by atoms with Crippen LogP contribution in [0.2, 0.25) is 0 Å². The molecule has 1 aromatic rings. The quantitative estimate of drug-likeness (QED) is 0.405. The maximum absolute atomic E-state index is 11.9. The van der Waals surface area contributed by atoms with Gasteiger partial charge in [-0.3, -0.25) is 4.79 Å². The molecular formula is C20H30N3O4+. The normalized spacial score (nSPS) is 21.8. The first-order valence-corrected chi connectivity index (χ1v) is 9.81. The number of fused-ring (bicyclic) bond motifs is 1. The molecule has 2 aliphatic heterocycles. The number of nitrogens with zero attached hydrogens (tertiary/aromatic N) is 1. The van der Waals surface area contributed by atoms with Gasteiger partial charge in [0, 0.05) is 18.5 Å². The van der Waals surface area contributed by atoms with E-state index in [2.05, 4.69) is 17.4 Å². The zero-order valence-corrected chi connectivity index (χ0v) is 16.3. The summed E-state index contributed by atoms with van der Waals surface area (Å²) in [5.41, 5.74) is 1.56. The van der Waals surface area contributed by atoms with Crippen molar-refractivity contribution in [2.75, 3.05) is 33.0 Å². The Morgan fingerprint density at radius 1 is 1.33 bits per heavy atom. The molecule has 0 saturated carbocycles. The Balaban J connectivity index is 1.33. The third kappa shape index (κ3) is 5.60. The lowest BCUT2D eigenvalue weighted by Crippen LogP contribution is -3.16. The molecule has 0 aliphatic carbocycles. The maximum atomic E-state index is 11.9. The van der Waals surface area contributed by atoms with Crippen molar-refractivity contribution in [2.24, 2.45) is 5.16 Å². The van der Waals surface area contributed by atoms with Crippen molar-refractivity contribution >= 4 is 11.6 Å². The van der Waals surface area contributed by atoms with Crippen molar-refractivity contribution in [3.63, 3.8) is 0 Å². The zero-order chi connectivity index (χ0) is 19.1. The Morgan fingerprint density at radius 2 is 2.19 bits per heavy atom. The number of hydrogen-bond donors (Lipinski definition) is 2. The summed E-state index contributed by atoms with van der Waals surface area (Å²) in [7, 11) is 0. The topological polar surface area (TPSA) is 73.6 Å². The van der Waals surface area contributed by atoms with Gasteiger partial charge in [0.25, 0.3) is 5.91 Å². The Morgan fingerprint density at radius 3 is 3.04 bits per heavy atom. The first-order chi connectivity index (χ1) is 13.1. The molecule has 2 atom stereocenters. The van der Waals surface area contributed by atoms with Gasteiger partial charge in [-0.15, -0.1) is 0 Å². The van der Waals surface area contributed by atoms with Crippen LogP contribution in [0.4, 0.5) is 0 Å². The number of ether oxygens (including phenoxy) is 2. The number of hydrogen-bond acceptors (Lipinski definition) is 5. The van der Waals surface area contributed by atoms with Gasteiger partial charge in [-0.25, -0.2) is 0 Å². The summed E-state index contributed by atoms with van der Waals surface area (Å²) in [5, 5.41) is 6.93. The third-order valence-corrected chi connectivity index (χ3v) is 5.27. The van der Waals surface area contributed by atoms with Gasteiger partial charge in [0.2, 0.25) is 6.79 Å². The monoisotopic (exact) mass is 376 g/mol. The molecule has 27 heavy (non-hydrogen) atoms. The molecule has 1 amide bonds. The van der Waals surface area contributed by atoms with Crippen molar-refractivity contribution in [2.45, 2.75) is 45.6 Å². The molecule has 0 radical (unpaired) electrons. The maximum Gasteiger partial charge on any atom is 0.260 e. The standard InChI is InChI=1S/C20H29N3O4/c1-15-6-3-4-10-23(15)11-5-9-21-20(24)13-27-22-16(2)17-7-8-18-19(12-17)26-14-25-18/h7-8,12,15H,3-6,9-11,13-14H2,1-2H3,(H,21,24)/p+1/b22-16-/t15-/m0/s1. The molecule has 3 rings (SSSR count). The van der Waals surface area contributed by atoms with Crippen molar-refractivity contribution in [1.82, 2.24) is 5.32 Å². The van der Waals surface area contributed by atoms with Crippen molar-refractivity contribution in [1.29, 1.82) is 0 Å². The van der Waals surface area contributed by atoms with Crippen LogP contribution in [-0.4, -0.2) is 50.7 Å². The SMILES string of the molecule is C/C(=N/OCC(=O)NCCC[NH+]1CCCC[C@@H]1C)c1ccc2c(c1)OCO2. The summed E-state index contributed by atoms with van der Waals surface area (Å²) >= 11 is 0. The Kier molecular flexibility index (Phi) is 6.92. The number of rotatable bonds is 8. The molecule has 1 saturated heterocycles. The number of oxime groups is 1.